The second-order valence-corrected chi connectivity index (χ2v) is 4.62. The molecule has 21 heavy (non-hydrogen) atoms. The maximum atomic E-state index is 11.1. The summed E-state index contributed by atoms with van der Waals surface area (Å²) in [5, 5.41) is 23.1. The van der Waals surface area contributed by atoms with Crippen molar-refractivity contribution in [1.29, 1.82) is 0 Å². The van der Waals surface area contributed by atoms with Crippen molar-refractivity contribution >= 4 is 34.8 Å². The molecular formula is C13H10ClN3O4. The Labute approximate surface area is 124 Å². The molecule has 8 heteroatoms. The van der Waals surface area contributed by atoms with Gasteiger partial charge in [-0.05, 0) is 18.6 Å². The smallest absolute Gasteiger partial charge is 0.337 e. The van der Waals surface area contributed by atoms with E-state index in [1.165, 1.54) is 0 Å². The molecule has 0 aliphatic carbocycles. The summed E-state index contributed by atoms with van der Waals surface area (Å²) in [6.07, 6.45) is 1.05. The van der Waals surface area contributed by atoms with Gasteiger partial charge in [0.1, 0.15) is 0 Å². The molecule has 1 aromatic heterocycles. The SMILES string of the molecule is Cc1cccc(Cl)c1Nc1ncc(C(=O)O)cc1[N+](=O)[O-]. The number of carboxylic acids is 1. The lowest BCUT2D eigenvalue weighted by molar-refractivity contribution is -0.384. The molecule has 0 saturated carbocycles. The van der Waals surface area contributed by atoms with E-state index in [4.69, 9.17) is 16.7 Å². The first kappa shape index (κ1) is 14.7. The number of halogens is 1. The van der Waals surface area contributed by atoms with Gasteiger partial charge in [0.05, 0.1) is 21.2 Å². The summed E-state index contributed by atoms with van der Waals surface area (Å²) in [7, 11) is 0. The van der Waals surface area contributed by atoms with Crippen LogP contribution in [0.5, 0.6) is 0 Å². The highest BCUT2D eigenvalue weighted by atomic mass is 35.5. The first-order chi connectivity index (χ1) is 9.90. The minimum absolute atomic E-state index is 0.0683. The number of hydrogen-bond acceptors (Lipinski definition) is 5. The molecule has 0 radical (unpaired) electrons. The van der Waals surface area contributed by atoms with Crippen molar-refractivity contribution in [3.63, 3.8) is 0 Å². The van der Waals surface area contributed by atoms with Gasteiger partial charge in [-0.1, -0.05) is 23.7 Å². The van der Waals surface area contributed by atoms with E-state index in [0.29, 0.717) is 10.7 Å². The molecule has 0 fully saturated rings. The first-order valence-electron chi connectivity index (χ1n) is 5.80. The third-order valence-corrected chi connectivity index (χ3v) is 3.09. The lowest BCUT2D eigenvalue weighted by Crippen LogP contribution is -2.05. The van der Waals surface area contributed by atoms with Crippen LogP contribution in [0, 0.1) is 17.0 Å². The topological polar surface area (TPSA) is 105 Å². The van der Waals surface area contributed by atoms with Gasteiger partial charge in [0.15, 0.2) is 0 Å². The maximum absolute atomic E-state index is 11.1. The molecule has 0 spiro atoms. The third-order valence-electron chi connectivity index (χ3n) is 2.78. The number of aryl methyl sites for hydroxylation is 1. The van der Waals surface area contributed by atoms with Crippen LogP contribution in [-0.2, 0) is 0 Å². The number of rotatable bonds is 4. The summed E-state index contributed by atoms with van der Waals surface area (Å²) in [5.41, 5.74) is 0.566. The van der Waals surface area contributed by atoms with Crippen LogP contribution < -0.4 is 5.32 Å². The zero-order valence-electron chi connectivity index (χ0n) is 10.8. The number of nitrogens with one attached hydrogen (secondary N) is 1. The van der Waals surface area contributed by atoms with Gasteiger partial charge in [-0.2, -0.15) is 0 Å². The summed E-state index contributed by atoms with van der Waals surface area (Å²) >= 11 is 6.04. The molecule has 0 amide bonds. The zero-order valence-corrected chi connectivity index (χ0v) is 11.6. The number of aromatic nitrogens is 1. The molecule has 0 saturated heterocycles. The molecule has 0 bridgehead atoms. The molecule has 1 aromatic carbocycles. The molecule has 0 aliphatic heterocycles. The van der Waals surface area contributed by atoms with Crippen LogP contribution in [0.4, 0.5) is 17.2 Å². The van der Waals surface area contributed by atoms with Crippen molar-refractivity contribution in [2.75, 3.05) is 5.32 Å². The number of aromatic carboxylic acids is 1. The zero-order chi connectivity index (χ0) is 15.6. The summed E-state index contributed by atoms with van der Waals surface area (Å²) in [6, 6.07) is 6.11. The van der Waals surface area contributed by atoms with Crippen LogP contribution in [0.15, 0.2) is 30.5 Å². The number of pyridine rings is 1. The Morgan fingerprint density at radius 1 is 1.48 bits per heavy atom. The van der Waals surface area contributed by atoms with Crippen molar-refractivity contribution < 1.29 is 14.8 Å². The number of benzene rings is 1. The standard InChI is InChI=1S/C13H10ClN3O4/c1-7-3-2-4-9(14)11(7)16-12-10(17(20)21)5-8(6-15-12)13(18)19/h2-6H,1H3,(H,15,16)(H,18,19). The molecule has 2 rings (SSSR count). The predicted molar refractivity (Wildman–Crippen MR) is 77.3 cm³/mol. The van der Waals surface area contributed by atoms with E-state index in [1.54, 1.807) is 25.1 Å². The fourth-order valence-electron chi connectivity index (χ4n) is 1.71. The normalized spacial score (nSPS) is 10.2. The summed E-state index contributed by atoms with van der Waals surface area (Å²) < 4.78 is 0. The molecule has 7 nitrogen and oxygen atoms in total. The van der Waals surface area contributed by atoms with Crippen LogP contribution in [0.1, 0.15) is 15.9 Å². The van der Waals surface area contributed by atoms with Gasteiger partial charge < -0.3 is 10.4 Å². The van der Waals surface area contributed by atoms with Crippen LogP contribution in [0.3, 0.4) is 0 Å². The minimum Gasteiger partial charge on any atom is -0.478 e. The van der Waals surface area contributed by atoms with E-state index >= 15 is 0 Å². The maximum Gasteiger partial charge on any atom is 0.337 e. The Morgan fingerprint density at radius 2 is 2.19 bits per heavy atom. The Morgan fingerprint density at radius 3 is 2.76 bits per heavy atom. The van der Waals surface area contributed by atoms with Crippen LogP contribution in [0.2, 0.25) is 5.02 Å². The van der Waals surface area contributed by atoms with E-state index in [-0.39, 0.29) is 11.4 Å². The van der Waals surface area contributed by atoms with Crippen molar-refractivity contribution in [2.45, 2.75) is 6.92 Å². The van der Waals surface area contributed by atoms with Gasteiger partial charge >= 0.3 is 11.7 Å². The van der Waals surface area contributed by atoms with E-state index in [9.17, 15) is 14.9 Å². The average Bonchev–Trinajstić information content (AvgIpc) is 2.42. The first-order valence-corrected chi connectivity index (χ1v) is 6.18. The highest BCUT2D eigenvalue weighted by molar-refractivity contribution is 6.33. The highest BCUT2D eigenvalue weighted by Gasteiger charge is 2.20. The van der Waals surface area contributed by atoms with Gasteiger partial charge in [0.2, 0.25) is 5.82 Å². The molecular weight excluding hydrogens is 298 g/mol. The predicted octanol–water partition coefficient (Wildman–Crippen LogP) is 3.39. The van der Waals surface area contributed by atoms with Crippen molar-refractivity contribution in [2.24, 2.45) is 0 Å². The van der Waals surface area contributed by atoms with Crippen LogP contribution >= 0.6 is 11.6 Å². The van der Waals surface area contributed by atoms with Gasteiger partial charge in [-0.3, -0.25) is 10.1 Å². The Balaban J connectivity index is 2.49. The summed E-state index contributed by atoms with van der Waals surface area (Å²) in [5.74, 6) is -1.35. The number of nitro groups is 1. The Bertz CT molecular complexity index is 713. The number of hydrogen-bond donors (Lipinski definition) is 2. The van der Waals surface area contributed by atoms with Gasteiger partial charge in [-0.15, -0.1) is 0 Å². The Kier molecular flexibility index (Phi) is 4.04. The van der Waals surface area contributed by atoms with Crippen LogP contribution in [0.25, 0.3) is 0 Å². The van der Waals surface area contributed by atoms with Crippen molar-refractivity contribution in [3.8, 4) is 0 Å². The molecule has 2 aromatic rings. The number of anilines is 2. The molecule has 0 aliphatic rings. The molecule has 108 valence electrons. The third kappa shape index (κ3) is 3.09. The fraction of sp³-hybridized carbons (Fsp3) is 0.0769. The van der Waals surface area contributed by atoms with E-state index in [1.807, 2.05) is 0 Å². The molecule has 0 unspecified atom stereocenters. The molecule has 2 N–H and O–H groups in total. The van der Waals surface area contributed by atoms with Gasteiger partial charge in [0.25, 0.3) is 0 Å². The highest BCUT2D eigenvalue weighted by Crippen LogP contribution is 2.32. The minimum atomic E-state index is -1.29. The van der Waals surface area contributed by atoms with Crippen LogP contribution in [-0.4, -0.2) is 21.0 Å². The summed E-state index contributed by atoms with van der Waals surface area (Å²) in [6.45, 7) is 1.78. The van der Waals surface area contributed by atoms with Crippen molar-refractivity contribution in [1.82, 2.24) is 4.98 Å². The lowest BCUT2D eigenvalue weighted by Gasteiger charge is -2.11. The number of carbonyl (C=O) groups is 1. The van der Waals surface area contributed by atoms with Gasteiger partial charge in [-0.25, -0.2) is 9.78 Å². The second kappa shape index (κ2) is 5.76. The monoisotopic (exact) mass is 307 g/mol. The number of carboxylic acid groups (broad SMARTS) is 1. The van der Waals surface area contributed by atoms with E-state index in [0.717, 1.165) is 17.8 Å². The lowest BCUT2D eigenvalue weighted by atomic mass is 10.2. The van der Waals surface area contributed by atoms with Gasteiger partial charge in [0, 0.05) is 12.3 Å². The van der Waals surface area contributed by atoms with E-state index < -0.39 is 16.6 Å². The molecule has 0 atom stereocenters. The fourth-order valence-corrected chi connectivity index (χ4v) is 1.98. The largest absolute Gasteiger partial charge is 0.478 e. The van der Waals surface area contributed by atoms with Crippen molar-refractivity contribution in [3.05, 3.63) is 56.7 Å². The summed E-state index contributed by atoms with van der Waals surface area (Å²) in [4.78, 5) is 25.0. The molecule has 1 heterocycles. The number of nitrogens with zero attached hydrogens (tertiary/aromatic N) is 2. The quantitative estimate of drug-likeness (QED) is 0.662. The van der Waals surface area contributed by atoms with E-state index in [2.05, 4.69) is 10.3 Å². The second-order valence-electron chi connectivity index (χ2n) is 4.21. The average molecular weight is 308 g/mol. The Hall–Kier alpha value is -2.67. The number of para-hydroxylation sites is 1.